The number of hydrogen-bond acceptors (Lipinski definition) is 6. The minimum absolute atomic E-state index is 0.000363. The molecule has 1 amide bonds. The van der Waals surface area contributed by atoms with Crippen molar-refractivity contribution in [3.8, 4) is 11.1 Å². The Balaban J connectivity index is 1.30. The topological polar surface area (TPSA) is 89.7 Å². The number of hydrogen-bond donors (Lipinski definition) is 0. The molecular weight excluding hydrogens is 378 g/mol. The summed E-state index contributed by atoms with van der Waals surface area (Å²) in [5, 5.41) is 0.989. The van der Waals surface area contributed by atoms with Crippen LogP contribution in [0.4, 0.5) is 0 Å². The highest BCUT2D eigenvalue weighted by molar-refractivity contribution is 5.92. The van der Waals surface area contributed by atoms with Crippen LogP contribution in [0.1, 0.15) is 34.9 Å². The third-order valence-corrected chi connectivity index (χ3v) is 5.58. The second-order valence-electron chi connectivity index (χ2n) is 7.62. The van der Waals surface area contributed by atoms with E-state index >= 15 is 0 Å². The van der Waals surface area contributed by atoms with Gasteiger partial charge < -0.3 is 9.47 Å². The Bertz CT molecular complexity index is 1200. The zero-order chi connectivity index (χ0) is 20.5. The van der Waals surface area contributed by atoms with Crippen molar-refractivity contribution in [2.24, 2.45) is 7.05 Å². The summed E-state index contributed by atoms with van der Waals surface area (Å²) in [6.07, 6.45) is 12.1. The lowest BCUT2D eigenvalue weighted by Crippen LogP contribution is -2.38. The molecule has 0 unspecified atom stereocenters. The number of nitrogens with zero attached hydrogens (tertiary/aromatic N) is 7. The molecule has 0 bridgehead atoms. The van der Waals surface area contributed by atoms with Crippen molar-refractivity contribution >= 4 is 16.9 Å². The zero-order valence-electron chi connectivity index (χ0n) is 16.6. The lowest BCUT2D eigenvalue weighted by Gasteiger charge is -2.31. The summed E-state index contributed by atoms with van der Waals surface area (Å²) in [5.74, 6) is 0.325. The van der Waals surface area contributed by atoms with Crippen LogP contribution in [0.2, 0.25) is 0 Å². The fourth-order valence-electron chi connectivity index (χ4n) is 3.92. The van der Waals surface area contributed by atoms with Gasteiger partial charge in [-0.05, 0) is 31.0 Å². The summed E-state index contributed by atoms with van der Waals surface area (Å²) in [5.41, 5.74) is 4.18. The average Bonchev–Trinajstić information content (AvgIpc) is 3.25. The van der Waals surface area contributed by atoms with Crippen LogP contribution in [0.25, 0.3) is 22.2 Å². The molecule has 8 heteroatoms. The van der Waals surface area contributed by atoms with Gasteiger partial charge in [-0.3, -0.25) is 4.79 Å². The number of carbonyl (C=O) groups is 1. The molecule has 30 heavy (non-hydrogen) atoms. The van der Waals surface area contributed by atoms with Crippen LogP contribution < -0.4 is 0 Å². The van der Waals surface area contributed by atoms with E-state index in [1.165, 1.54) is 6.33 Å². The largest absolute Gasteiger partial charge is 0.340 e. The molecule has 0 spiro atoms. The Morgan fingerprint density at radius 3 is 2.57 bits per heavy atom. The van der Waals surface area contributed by atoms with Crippen LogP contribution in [0.15, 0.2) is 55.6 Å². The van der Waals surface area contributed by atoms with Crippen LogP contribution >= 0.6 is 0 Å². The molecule has 0 aliphatic carbocycles. The predicted molar refractivity (Wildman–Crippen MR) is 112 cm³/mol. The van der Waals surface area contributed by atoms with Crippen molar-refractivity contribution in [3.63, 3.8) is 0 Å². The fraction of sp³-hybridized carbons (Fsp3) is 0.273. The maximum Gasteiger partial charge on any atom is 0.274 e. The summed E-state index contributed by atoms with van der Waals surface area (Å²) in [4.78, 5) is 36.1. The Kier molecular flexibility index (Phi) is 4.66. The monoisotopic (exact) mass is 399 g/mol. The van der Waals surface area contributed by atoms with Crippen LogP contribution in [0.5, 0.6) is 0 Å². The lowest BCUT2D eigenvalue weighted by molar-refractivity contribution is 0.0706. The first kappa shape index (κ1) is 18.4. The number of pyridine rings is 2. The summed E-state index contributed by atoms with van der Waals surface area (Å²) >= 11 is 0. The number of amides is 1. The second-order valence-corrected chi connectivity index (χ2v) is 7.62. The van der Waals surface area contributed by atoms with Gasteiger partial charge in [0.25, 0.3) is 5.91 Å². The van der Waals surface area contributed by atoms with Crippen molar-refractivity contribution in [1.29, 1.82) is 0 Å². The summed E-state index contributed by atoms with van der Waals surface area (Å²) in [6.45, 7) is 1.42. The first-order valence-electron chi connectivity index (χ1n) is 9.97. The van der Waals surface area contributed by atoms with Gasteiger partial charge in [-0.15, -0.1) is 0 Å². The van der Waals surface area contributed by atoms with Crippen molar-refractivity contribution < 1.29 is 4.79 Å². The predicted octanol–water partition coefficient (Wildman–Crippen LogP) is 2.84. The number of piperidine rings is 1. The smallest absolute Gasteiger partial charge is 0.274 e. The number of fused-ring (bicyclic) bond motifs is 1. The molecule has 4 aromatic rings. The molecule has 5 heterocycles. The molecule has 4 aromatic heterocycles. The van der Waals surface area contributed by atoms with Crippen LogP contribution in [-0.2, 0) is 7.05 Å². The molecule has 1 fully saturated rings. The first-order chi connectivity index (χ1) is 14.7. The van der Waals surface area contributed by atoms with E-state index in [9.17, 15) is 4.79 Å². The molecule has 0 atom stereocenters. The highest BCUT2D eigenvalue weighted by Crippen LogP contribution is 2.29. The van der Waals surface area contributed by atoms with Crippen LogP contribution in [0.3, 0.4) is 0 Å². The number of imidazole rings is 1. The molecule has 1 saturated heterocycles. The lowest BCUT2D eigenvalue weighted by atomic mass is 9.92. The molecule has 0 radical (unpaired) electrons. The number of likely N-dealkylation sites (tertiary alicyclic amines) is 1. The van der Waals surface area contributed by atoms with E-state index in [1.54, 1.807) is 29.5 Å². The van der Waals surface area contributed by atoms with E-state index < -0.39 is 0 Å². The third-order valence-electron chi connectivity index (χ3n) is 5.58. The van der Waals surface area contributed by atoms with E-state index in [4.69, 9.17) is 4.98 Å². The van der Waals surface area contributed by atoms with E-state index in [1.807, 2.05) is 18.1 Å². The van der Waals surface area contributed by atoms with Crippen molar-refractivity contribution in [1.82, 2.24) is 34.4 Å². The number of aromatic nitrogens is 6. The van der Waals surface area contributed by atoms with Gasteiger partial charge in [0.1, 0.15) is 12.0 Å². The Hall–Kier alpha value is -3.68. The molecule has 0 aromatic carbocycles. The molecule has 5 rings (SSSR count). The van der Waals surface area contributed by atoms with Gasteiger partial charge in [0.2, 0.25) is 0 Å². The summed E-state index contributed by atoms with van der Waals surface area (Å²) in [7, 11) is 1.87. The fourth-order valence-corrected chi connectivity index (χ4v) is 3.92. The maximum atomic E-state index is 12.6. The highest BCUT2D eigenvalue weighted by atomic mass is 16.2. The average molecular weight is 399 g/mol. The normalized spacial score (nSPS) is 14.9. The first-order valence-corrected chi connectivity index (χ1v) is 9.97. The van der Waals surface area contributed by atoms with Gasteiger partial charge in [0.15, 0.2) is 5.65 Å². The highest BCUT2D eigenvalue weighted by Gasteiger charge is 2.26. The number of aryl methyl sites for hydroxylation is 1. The minimum Gasteiger partial charge on any atom is -0.340 e. The SMILES string of the molecule is Cn1cnc(C(=O)N2CCC(c3ccc4cc(-c5cncnc5)cnc4n3)CC2)c1. The van der Waals surface area contributed by atoms with Gasteiger partial charge in [0.05, 0.1) is 6.33 Å². The standard InChI is InChI=1S/C22H21N7O/c1-28-12-20(26-14-28)22(30)29-6-4-15(5-7-29)19-3-2-16-8-17(11-25-21(16)27-19)18-9-23-13-24-10-18/h2-3,8-15H,4-7H2,1H3. The molecule has 0 N–H and O–H groups in total. The van der Waals surface area contributed by atoms with Gasteiger partial charge in [-0.2, -0.15) is 0 Å². The quantitative estimate of drug-likeness (QED) is 0.526. The molecule has 8 nitrogen and oxygen atoms in total. The van der Waals surface area contributed by atoms with Gasteiger partial charge >= 0.3 is 0 Å². The van der Waals surface area contributed by atoms with Crippen molar-refractivity contribution in [2.45, 2.75) is 18.8 Å². The number of rotatable bonds is 3. The van der Waals surface area contributed by atoms with Gasteiger partial charge in [-0.1, -0.05) is 0 Å². The molecule has 150 valence electrons. The molecular formula is C22H21N7O. The van der Waals surface area contributed by atoms with Gasteiger partial charge in [0, 0.05) is 73.0 Å². The summed E-state index contributed by atoms with van der Waals surface area (Å²) in [6, 6.07) is 6.21. The molecule has 1 aliphatic rings. The molecule has 0 saturated carbocycles. The van der Waals surface area contributed by atoms with Crippen LogP contribution in [0, 0.1) is 0 Å². The Morgan fingerprint density at radius 1 is 1.03 bits per heavy atom. The second kappa shape index (κ2) is 7.62. The zero-order valence-corrected chi connectivity index (χ0v) is 16.6. The Morgan fingerprint density at radius 2 is 1.83 bits per heavy atom. The molecule has 1 aliphatic heterocycles. The maximum absolute atomic E-state index is 12.6. The van der Waals surface area contributed by atoms with Gasteiger partial charge in [-0.25, -0.2) is 24.9 Å². The van der Waals surface area contributed by atoms with Crippen molar-refractivity contribution in [3.05, 3.63) is 67.0 Å². The Labute approximate surface area is 173 Å². The van der Waals surface area contributed by atoms with E-state index in [2.05, 4.69) is 38.1 Å². The summed E-state index contributed by atoms with van der Waals surface area (Å²) < 4.78 is 1.79. The third kappa shape index (κ3) is 3.52. The van der Waals surface area contributed by atoms with Crippen LogP contribution in [-0.4, -0.2) is 53.4 Å². The minimum atomic E-state index is -0.000363. The van der Waals surface area contributed by atoms with E-state index in [-0.39, 0.29) is 5.91 Å². The van der Waals surface area contributed by atoms with E-state index in [0.717, 1.165) is 40.7 Å². The van der Waals surface area contributed by atoms with E-state index in [0.29, 0.717) is 24.7 Å². The number of carbonyl (C=O) groups excluding carboxylic acids is 1. The van der Waals surface area contributed by atoms with Crippen molar-refractivity contribution in [2.75, 3.05) is 13.1 Å².